The van der Waals surface area contributed by atoms with E-state index >= 15 is 0 Å². The van der Waals surface area contributed by atoms with Gasteiger partial charge in [-0.15, -0.1) is 11.3 Å². The van der Waals surface area contributed by atoms with Crippen LogP contribution in [0.25, 0.3) is 5.13 Å². The van der Waals surface area contributed by atoms with E-state index in [-0.39, 0.29) is 12.3 Å². The molecule has 22 heavy (non-hydrogen) atoms. The zero-order valence-electron chi connectivity index (χ0n) is 12.0. The molecule has 1 aromatic carbocycles. The molecule has 0 aliphatic rings. The molecule has 1 N–H and O–H groups in total. The molecule has 1 amide bonds. The van der Waals surface area contributed by atoms with Crippen molar-refractivity contribution in [2.75, 3.05) is 12.4 Å². The lowest BCUT2D eigenvalue weighted by Gasteiger charge is -2.05. The first kappa shape index (κ1) is 14.3. The maximum absolute atomic E-state index is 12.0. The summed E-state index contributed by atoms with van der Waals surface area (Å²) in [6.07, 6.45) is 4.11. The molecule has 3 rings (SSSR count). The highest BCUT2D eigenvalue weighted by Gasteiger charge is 2.09. The summed E-state index contributed by atoms with van der Waals surface area (Å²) in [5.74, 6) is 0.670. The van der Waals surface area contributed by atoms with Crippen LogP contribution in [0.5, 0.6) is 5.75 Å². The Morgan fingerprint density at radius 3 is 2.68 bits per heavy atom. The van der Waals surface area contributed by atoms with Crippen LogP contribution in [0.3, 0.4) is 0 Å². The van der Waals surface area contributed by atoms with Crippen LogP contribution in [0.1, 0.15) is 5.69 Å². The van der Waals surface area contributed by atoms with E-state index in [2.05, 4.69) is 10.3 Å². The third-order valence-corrected chi connectivity index (χ3v) is 3.98. The Morgan fingerprint density at radius 1 is 1.27 bits per heavy atom. The van der Waals surface area contributed by atoms with E-state index in [0.29, 0.717) is 0 Å². The highest BCUT2D eigenvalue weighted by Crippen LogP contribution is 2.17. The van der Waals surface area contributed by atoms with Crippen LogP contribution < -0.4 is 10.1 Å². The number of carbonyl (C=O) groups excluding carboxylic acids is 1. The first-order valence-corrected chi connectivity index (χ1v) is 7.64. The molecule has 0 spiro atoms. The minimum absolute atomic E-state index is 0.0884. The molecule has 0 aliphatic carbocycles. The molecule has 0 unspecified atom stereocenters. The van der Waals surface area contributed by atoms with Crippen LogP contribution in [-0.2, 0) is 11.2 Å². The van der Waals surface area contributed by atoms with Crippen molar-refractivity contribution in [2.45, 2.75) is 6.42 Å². The number of methoxy groups -OCH3 is 1. The molecule has 5 nitrogen and oxygen atoms in total. The highest BCUT2D eigenvalue weighted by molar-refractivity contribution is 7.12. The highest BCUT2D eigenvalue weighted by atomic mass is 32.1. The largest absolute Gasteiger partial charge is 0.497 e. The number of aromatic nitrogens is 2. The molecular weight excluding hydrogens is 298 g/mol. The maximum atomic E-state index is 12.0. The number of nitrogens with one attached hydrogen (secondary N) is 1. The number of anilines is 1. The van der Waals surface area contributed by atoms with Gasteiger partial charge >= 0.3 is 0 Å². The van der Waals surface area contributed by atoms with Gasteiger partial charge in [-0.05, 0) is 36.4 Å². The van der Waals surface area contributed by atoms with Crippen molar-refractivity contribution in [1.29, 1.82) is 0 Å². The van der Waals surface area contributed by atoms with Gasteiger partial charge in [-0.2, -0.15) is 0 Å². The van der Waals surface area contributed by atoms with Gasteiger partial charge in [-0.1, -0.05) is 0 Å². The minimum atomic E-state index is -0.0884. The van der Waals surface area contributed by atoms with Crippen LogP contribution >= 0.6 is 11.3 Å². The van der Waals surface area contributed by atoms with E-state index < -0.39 is 0 Å². The summed E-state index contributed by atoms with van der Waals surface area (Å²) in [7, 11) is 1.61. The molecule has 3 aromatic rings. The Bertz CT molecular complexity index is 748. The molecule has 0 saturated heterocycles. The molecule has 6 heteroatoms. The second-order valence-corrected chi connectivity index (χ2v) is 5.50. The lowest BCUT2D eigenvalue weighted by Crippen LogP contribution is -2.14. The van der Waals surface area contributed by atoms with Crippen molar-refractivity contribution >= 4 is 22.9 Å². The molecule has 2 heterocycles. The van der Waals surface area contributed by atoms with Gasteiger partial charge in [-0.25, -0.2) is 4.98 Å². The first-order chi connectivity index (χ1) is 10.7. The molecule has 0 saturated carbocycles. The maximum Gasteiger partial charge on any atom is 0.230 e. The number of thiazole rings is 1. The molecule has 112 valence electrons. The number of carbonyl (C=O) groups is 1. The monoisotopic (exact) mass is 313 g/mol. The molecule has 0 radical (unpaired) electrons. The Hall–Kier alpha value is -2.60. The van der Waals surface area contributed by atoms with Crippen molar-refractivity contribution in [1.82, 2.24) is 9.55 Å². The average molecular weight is 313 g/mol. The predicted octanol–water partition coefficient (Wildman–Crippen LogP) is 3.12. The van der Waals surface area contributed by atoms with E-state index in [4.69, 9.17) is 4.74 Å². The van der Waals surface area contributed by atoms with Gasteiger partial charge in [-0.3, -0.25) is 4.79 Å². The second kappa shape index (κ2) is 6.44. The summed E-state index contributed by atoms with van der Waals surface area (Å²) in [4.78, 5) is 16.5. The van der Waals surface area contributed by atoms with Gasteiger partial charge in [0.1, 0.15) is 5.75 Å². The normalized spacial score (nSPS) is 10.4. The summed E-state index contributed by atoms with van der Waals surface area (Å²) in [5, 5.41) is 5.61. The van der Waals surface area contributed by atoms with Crippen molar-refractivity contribution < 1.29 is 9.53 Å². The number of hydrogen-bond donors (Lipinski definition) is 1. The second-order valence-electron chi connectivity index (χ2n) is 4.67. The number of amides is 1. The van der Waals surface area contributed by atoms with Crippen molar-refractivity contribution in [3.8, 4) is 10.9 Å². The SMILES string of the molecule is COc1ccc(NC(=O)Cc2csc(-n3cccc3)n2)cc1. The third-order valence-electron chi connectivity index (χ3n) is 3.08. The number of hydrogen-bond acceptors (Lipinski definition) is 4. The molecular formula is C16H15N3O2S. The fourth-order valence-corrected chi connectivity index (χ4v) is 2.79. The van der Waals surface area contributed by atoms with Crippen LogP contribution in [0, 0.1) is 0 Å². The summed E-state index contributed by atoms with van der Waals surface area (Å²) >= 11 is 1.52. The number of nitrogens with zero attached hydrogens (tertiary/aromatic N) is 2. The fraction of sp³-hybridized carbons (Fsp3) is 0.125. The van der Waals surface area contributed by atoms with Crippen LogP contribution in [0.15, 0.2) is 54.2 Å². The number of benzene rings is 1. The average Bonchev–Trinajstić information content (AvgIpc) is 3.19. The molecule has 0 aliphatic heterocycles. The fourth-order valence-electron chi connectivity index (χ4n) is 2.00. The van der Waals surface area contributed by atoms with Crippen LogP contribution in [0.2, 0.25) is 0 Å². The summed E-state index contributed by atoms with van der Waals surface area (Å²) in [5.41, 5.74) is 1.51. The lowest BCUT2D eigenvalue weighted by molar-refractivity contribution is -0.115. The standard InChI is InChI=1S/C16H15N3O2S/c1-21-14-6-4-12(5-7-14)17-15(20)10-13-11-22-16(18-13)19-8-2-3-9-19/h2-9,11H,10H2,1H3,(H,17,20). The number of ether oxygens (including phenoxy) is 1. The third kappa shape index (κ3) is 3.35. The summed E-state index contributed by atoms with van der Waals surface area (Å²) in [6.45, 7) is 0. The molecule has 0 bridgehead atoms. The van der Waals surface area contributed by atoms with E-state index in [1.807, 2.05) is 58.7 Å². The topological polar surface area (TPSA) is 56.1 Å². The Labute approximate surface area is 132 Å². The van der Waals surface area contributed by atoms with Gasteiger partial charge in [0.15, 0.2) is 5.13 Å². The first-order valence-electron chi connectivity index (χ1n) is 6.76. The summed E-state index contributed by atoms with van der Waals surface area (Å²) < 4.78 is 7.01. The Balaban J connectivity index is 1.61. The van der Waals surface area contributed by atoms with E-state index in [1.165, 1.54) is 11.3 Å². The van der Waals surface area contributed by atoms with Crippen molar-refractivity contribution in [3.63, 3.8) is 0 Å². The lowest BCUT2D eigenvalue weighted by atomic mass is 10.2. The van der Waals surface area contributed by atoms with Gasteiger partial charge < -0.3 is 14.6 Å². The van der Waals surface area contributed by atoms with Crippen molar-refractivity contribution in [2.24, 2.45) is 0 Å². The van der Waals surface area contributed by atoms with Gasteiger partial charge in [0, 0.05) is 23.5 Å². The van der Waals surface area contributed by atoms with E-state index in [9.17, 15) is 4.79 Å². The van der Waals surface area contributed by atoms with Gasteiger partial charge in [0.25, 0.3) is 0 Å². The molecule has 0 atom stereocenters. The smallest absolute Gasteiger partial charge is 0.230 e. The van der Waals surface area contributed by atoms with Crippen LogP contribution in [0.4, 0.5) is 5.69 Å². The Morgan fingerprint density at radius 2 is 2.00 bits per heavy atom. The van der Waals surface area contributed by atoms with E-state index in [0.717, 1.165) is 22.3 Å². The zero-order chi connectivity index (χ0) is 15.4. The van der Waals surface area contributed by atoms with Crippen molar-refractivity contribution in [3.05, 3.63) is 59.9 Å². The minimum Gasteiger partial charge on any atom is -0.497 e. The zero-order valence-corrected chi connectivity index (χ0v) is 12.8. The van der Waals surface area contributed by atoms with Crippen LogP contribution in [-0.4, -0.2) is 22.6 Å². The summed E-state index contributed by atoms with van der Waals surface area (Å²) in [6, 6.07) is 11.1. The Kier molecular flexibility index (Phi) is 4.20. The van der Waals surface area contributed by atoms with Gasteiger partial charge in [0.05, 0.1) is 19.2 Å². The molecule has 0 fully saturated rings. The molecule has 2 aromatic heterocycles. The predicted molar refractivity (Wildman–Crippen MR) is 86.8 cm³/mol. The van der Waals surface area contributed by atoms with Gasteiger partial charge in [0.2, 0.25) is 5.91 Å². The number of rotatable bonds is 5. The quantitative estimate of drug-likeness (QED) is 0.787. The van der Waals surface area contributed by atoms with E-state index in [1.54, 1.807) is 7.11 Å².